The van der Waals surface area contributed by atoms with E-state index < -0.39 is 0 Å². The molecule has 0 bridgehead atoms. The monoisotopic (exact) mass is 248 g/mol. The van der Waals surface area contributed by atoms with E-state index in [1.165, 1.54) is 5.56 Å². The molecule has 1 aliphatic rings. The molecule has 0 unspecified atom stereocenters. The van der Waals surface area contributed by atoms with E-state index in [9.17, 15) is 4.79 Å². The molecule has 0 amide bonds. The third-order valence-corrected chi connectivity index (χ3v) is 3.66. The van der Waals surface area contributed by atoms with Crippen LogP contribution in [0.2, 0.25) is 0 Å². The molecule has 0 saturated heterocycles. The average Bonchev–Trinajstić information content (AvgIpc) is 2.48. The van der Waals surface area contributed by atoms with Crippen LogP contribution in [0, 0.1) is 0 Å². The van der Waals surface area contributed by atoms with Crippen LogP contribution in [0.3, 0.4) is 0 Å². The van der Waals surface area contributed by atoms with Crippen LogP contribution in [0.25, 0.3) is 5.57 Å². The summed E-state index contributed by atoms with van der Waals surface area (Å²) >= 11 is 0. The Kier molecular flexibility index (Phi) is 3.28. The van der Waals surface area contributed by atoms with Crippen molar-refractivity contribution in [2.24, 2.45) is 0 Å². The summed E-state index contributed by atoms with van der Waals surface area (Å²) in [6.45, 7) is 0. The van der Waals surface area contributed by atoms with Gasteiger partial charge < -0.3 is 0 Å². The Hall–Kier alpha value is -2.15. The predicted octanol–water partition coefficient (Wildman–Crippen LogP) is 4.22. The summed E-state index contributed by atoms with van der Waals surface area (Å²) in [5.41, 5.74) is 3.58. The van der Waals surface area contributed by atoms with Gasteiger partial charge in [0, 0.05) is 6.42 Å². The molecular weight excluding hydrogens is 232 g/mol. The van der Waals surface area contributed by atoms with Gasteiger partial charge in [-0.15, -0.1) is 0 Å². The van der Waals surface area contributed by atoms with Crippen molar-refractivity contribution >= 4 is 11.4 Å². The smallest absolute Gasteiger partial charge is 0.156 e. The minimum Gasteiger partial charge on any atom is -0.295 e. The minimum absolute atomic E-state index is 0.235. The molecule has 0 fully saturated rings. The van der Waals surface area contributed by atoms with Gasteiger partial charge in [-0.1, -0.05) is 60.7 Å². The first-order chi connectivity index (χ1) is 9.33. The van der Waals surface area contributed by atoms with E-state index in [2.05, 4.69) is 24.3 Å². The van der Waals surface area contributed by atoms with Crippen LogP contribution >= 0.6 is 0 Å². The zero-order valence-electron chi connectivity index (χ0n) is 10.8. The molecule has 0 heterocycles. The van der Waals surface area contributed by atoms with Crippen LogP contribution in [-0.4, -0.2) is 5.78 Å². The molecule has 0 radical (unpaired) electrons. The van der Waals surface area contributed by atoms with Crippen molar-refractivity contribution in [1.82, 2.24) is 0 Å². The second-order valence-corrected chi connectivity index (χ2v) is 5.02. The standard InChI is InChI=1S/C18H16O/c19-18-12-16(14-7-3-1-4-8-14)11-17(13-18)15-9-5-2-6-10-15/h1-10,12,17H,11,13H2/t17-/m0/s1. The molecule has 0 aromatic heterocycles. The number of hydrogen-bond donors (Lipinski definition) is 0. The first-order valence-corrected chi connectivity index (χ1v) is 6.67. The fourth-order valence-corrected chi connectivity index (χ4v) is 2.71. The minimum atomic E-state index is 0.235. The van der Waals surface area contributed by atoms with Crippen molar-refractivity contribution < 1.29 is 4.79 Å². The average molecular weight is 248 g/mol. The van der Waals surface area contributed by atoms with Gasteiger partial charge in [-0.3, -0.25) is 4.79 Å². The van der Waals surface area contributed by atoms with Gasteiger partial charge in [-0.25, -0.2) is 0 Å². The van der Waals surface area contributed by atoms with E-state index in [-0.39, 0.29) is 5.78 Å². The van der Waals surface area contributed by atoms with Crippen LogP contribution in [0.4, 0.5) is 0 Å². The summed E-state index contributed by atoms with van der Waals surface area (Å²) in [5.74, 6) is 0.549. The lowest BCUT2D eigenvalue weighted by Crippen LogP contribution is -2.12. The molecule has 0 spiro atoms. The Morgan fingerprint density at radius 2 is 1.42 bits per heavy atom. The zero-order chi connectivity index (χ0) is 13.1. The summed E-state index contributed by atoms with van der Waals surface area (Å²) in [6, 6.07) is 20.5. The molecule has 0 saturated carbocycles. The number of rotatable bonds is 2. The van der Waals surface area contributed by atoms with Gasteiger partial charge >= 0.3 is 0 Å². The number of benzene rings is 2. The molecule has 1 heteroatoms. The molecule has 94 valence electrons. The second-order valence-electron chi connectivity index (χ2n) is 5.02. The zero-order valence-corrected chi connectivity index (χ0v) is 10.8. The summed E-state index contributed by atoms with van der Waals surface area (Å²) in [4.78, 5) is 12.0. The maximum Gasteiger partial charge on any atom is 0.156 e. The van der Waals surface area contributed by atoms with E-state index in [0.717, 1.165) is 17.6 Å². The Balaban J connectivity index is 1.90. The fraction of sp³-hybridized carbons (Fsp3) is 0.167. The molecule has 0 aliphatic heterocycles. The second kappa shape index (κ2) is 5.23. The Labute approximate surface area is 113 Å². The molecular formula is C18H16O. The van der Waals surface area contributed by atoms with E-state index in [4.69, 9.17) is 0 Å². The largest absolute Gasteiger partial charge is 0.295 e. The molecule has 1 atom stereocenters. The van der Waals surface area contributed by atoms with Crippen molar-refractivity contribution in [1.29, 1.82) is 0 Å². The van der Waals surface area contributed by atoms with E-state index in [1.54, 1.807) is 0 Å². The van der Waals surface area contributed by atoms with E-state index in [1.807, 2.05) is 42.5 Å². The lowest BCUT2D eigenvalue weighted by Gasteiger charge is -2.22. The maximum absolute atomic E-state index is 12.0. The van der Waals surface area contributed by atoms with Crippen molar-refractivity contribution in [3.63, 3.8) is 0 Å². The SMILES string of the molecule is O=C1C=C(c2ccccc2)C[C@H](c2ccccc2)C1. The Morgan fingerprint density at radius 1 is 0.789 bits per heavy atom. The first kappa shape index (κ1) is 11.9. The summed E-state index contributed by atoms with van der Waals surface area (Å²) in [5, 5.41) is 0. The highest BCUT2D eigenvalue weighted by atomic mass is 16.1. The van der Waals surface area contributed by atoms with Crippen LogP contribution in [0.5, 0.6) is 0 Å². The fourth-order valence-electron chi connectivity index (χ4n) is 2.71. The highest BCUT2D eigenvalue weighted by molar-refractivity contribution is 5.99. The lowest BCUT2D eigenvalue weighted by molar-refractivity contribution is -0.115. The summed E-state index contributed by atoms with van der Waals surface area (Å²) in [6.07, 6.45) is 3.38. The molecule has 0 N–H and O–H groups in total. The van der Waals surface area contributed by atoms with Gasteiger partial charge in [-0.2, -0.15) is 0 Å². The number of allylic oxidation sites excluding steroid dienone is 2. The van der Waals surface area contributed by atoms with Crippen LogP contribution in [0.1, 0.15) is 29.9 Å². The van der Waals surface area contributed by atoms with Crippen molar-refractivity contribution in [3.05, 3.63) is 77.9 Å². The van der Waals surface area contributed by atoms with Crippen molar-refractivity contribution in [2.75, 3.05) is 0 Å². The molecule has 2 aromatic carbocycles. The van der Waals surface area contributed by atoms with Gasteiger partial charge in [0.1, 0.15) is 0 Å². The molecule has 3 rings (SSSR count). The van der Waals surface area contributed by atoms with E-state index in [0.29, 0.717) is 12.3 Å². The first-order valence-electron chi connectivity index (χ1n) is 6.67. The lowest BCUT2D eigenvalue weighted by atomic mass is 9.81. The molecule has 19 heavy (non-hydrogen) atoms. The van der Waals surface area contributed by atoms with Crippen LogP contribution < -0.4 is 0 Å². The molecule has 2 aromatic rings. The van der Waals surface area contributed by atoms with Crippen molar-refractivity contribution in [3.8, 4) is 0 Å². The predicted molar refractivity (Wildman–Crippen MR) is 77.8 cm³/mol. The van der Waals surface area contributed by atoms with Gasteiger partial charge in [0.05, 0.1) is 0 Å². The Morgan fingerprint density at radius 3 is 2.11 bits per heavy atom. The normalized spacial score (nSPS) is 19.1. The summed E-state index contributed by atoms with van der Waals surface area (Å²) < 4.78 is 0. The molecule has 1 nitrogen and oxygen atoms in total. The van der Waals surface area contributed by atoms with Crippen molar-refractivity contribution in [2.45, 2.75) is 18.8 Å². The van der Waals surface area contributed by atoms with Crippen LogP contribution in [0.15, 0.2) is 66.7 Å². The van der Waals surface area contributed by atoms with Gasteiger partial charge in [-0.05, 0) is 35.1 Å². The quantitative estimate of drug-likeness (QED) is 0.777. The number of hydrogen-bond acceptors (Lipinski definition) is 1. The number of carbonyl (C=O) groups excluding carboxylic acids is 1. The number of ketones is 1. The molecule has 1 aliphatic carbocycles. The van der Waals surface area contributed by atoms with Gasteiger partial charge in [0.25, 0.3) is 0 Å². The topological polar surface area (TPSA) is 17.1 Å². The maximum atomic E-state index is 12.0. The van der Waals surface area contributed by atoms with E-state index >= 15 is 0 Å². The highest BCUT2D eigenvalue weighted by Crippen LogP contribution is 2.35. The number of carbonyl (C=O) groups is 1. The Bertz CT molecular complexity index is 596. The third-order valence-electron chi connectivity index (χ3n) is 3.66. The summed E-state index contributed by atoms with van der Waals surface area (Å²) in [7, 11) is 0. The van der Waals surface area contributed by atoms with Gasteiger partial charge in [0.15, 0.2) is 5.78 Å². The van der Waals surface area contributed by atoms with Crippen LogP contribution in [-0.2, 0) is 4.79 Å². The van der Waals surface area contributed by atoms with Gasteiger partial charge in [0.2, 0.25) is 0 Å². The third kappa shape index (κ3) is 2.65. The highest BCUT2D eigenvalue weighted by Gasteiger charge is 2.22.